The fraction of sp³-hybridized carbons (Fsp3) is 0.394. The molecule has 1 atom stereocenters. The number of halogens is 2. The van der Waals surface area contributed by atoms with E-state index in [0.717, 1.165) is 42.5 Å². The van der Waals surface area contributed by atoms with Gasteiger partial charge >= 0.3 is 0 Å². The van der Waals surface area contributed by atoms with E-state index in [1.807, 2.05) is 0 Å². The second kappa shape index (κ2) is 15.8. The molecule has 3 aromatic rings. The topological polar surface area (TPSA) is 139 Å². The van der Waals surface area contributed by atoms with Gasteiger partial charge in [-0.05, 0) is 74.2 Å². The Bertz CT molecular complexity index is 1710. The normalized spacial score (nSPS) is 14.2. The second-order valence-corrected chi connectivity index (χ2v) is 14.1. The van der Waals surface area contributed by atoms with Gasteiger partial charge in [0, 0.05) is 34.3 Å². The number of hydrogen-bond donors (Lipinski definition) is 1. The van der Waals surface area contributed by atoms with Crippen molar-refractivity contribution in [1.82, 2.24) is 10.2 Å². The van der Waals surface area contributed by atoms with Crippen molar-refractivity contribution in [2.24, 2.45) is 0 Å². The van der Waals surface area contributed by atoms with Crippen molar-refractivity contribution in [1.29, 1.82) is 0 Å². The molecule has 1 saturated carbocycles. The van der Waals surface area contributed by atoms with E-state index in [0.29, 0.717) is 16.3 Å². The molecule has 4 rings (SSSR count). The lowest BCUT2D eigenvalue weighted by atomic mass is 9.95. The molecule has 0 radical (unpaired) electrons. The Kier molecular flexibility index (Phi) is 12.1. The van der Waals surface area contributed by atoms with Gasteiger partial charge in [-0.15, -0.1) is 0 Å². The maximum Gasteiger partial charge on any atom is 0.273 e. The number of ether oxygens (including phenoxy) is 1. The lowest BCUT2D eigenvalue weighted by molar-refractivity contribution is -0.385. The van der Waals surface area contributed by atoms with Crippen LogP contribution in [0.3, 0.4) is 0 Å². The Morgan fingerprint density at radius 3 is 2.32 bits per heavy atom. The van der Waals surface area contributed by atoms with E-state index in [2.05, 4.69) is 5.32 Å². The zero-order valence-corrected chi connectivity index (χ0v) is 28.8. The van der Waals surface area contributed by atoms with Gasteiger partial charge in [0.15, 0.2) is 0 Å². The first-order valence-corrected chi connectivity index (χ1v) is 17.5. The van der Waals surface area contributed by atoms with Crippen molar-refractivity contribution in [2.75, 3.05) is 18.0 Å². The Morgan fingerprint density at radius 2 is 1.72 bits per heavy atom. The van der Waals surface area contributed by atoms with Crippen molar-refractivity contribution >= 4 is 56.4 Å². The average Bonchev–Trinajstić information content (AvgIpc) is 3.04. The molecule has 2 amide bonds. The first-order chi connectivity index (χ1) is 22.3. The van der Waals surface area contributed by atoms with Crippen LogP contribution in [0.2, 0.25) is 10.0 Å². The number of aryl methyl sites for hydroxylation is 1. The van der Waals surface area contributed by atoms with E-state index in [-0.39, 0.29) is 51.8 Å². The summed E-state index contributed by atoms with van der Waals surface area (Å²) in [6.45, 7) is 2.47. The molecule has 1 unspecified atom stereocenters. The van der Waals surface area contributed by atoms with Crippen LogP contribution in [0.5, 0.6) is 5.75 Å². The van der Waals surface area contributed by atoms with Gasteiger partial charge in [0.1, 0.15) is 18.3 Å². The third kappa shape index (κ3) is 8.74. The molecule has 1 N–H and O–H groups in total. The van der Waals surface area contributed by atoms with Gasteiger partial charge < -0.3 is 15.0 Å². The zero-order valence-electron chi connectivity index (χ0n) is 26.4. The number of anilines is 1. The molecule has 1 aliphatic carbocycles. The Labute approximate surface area is 285 Å². The van der Waals surface area contributed by atoms with Crippen LogP contribution in [-0.4, -0.2) is 55.8 Å². The number of carbonyl (C=O) groups excluding carboxylic acids is 2. The lowest BCUT2D eigenvalue weighted by Crippen LogP contribution is -2.54. The molecule has 0 bridgehead atoms. The van der Waals surface area contributed by atoms with Crippen LogP contribution in [0.1, 0.15) is 56.6 Å². The van der Waals surface area contributed by atoms with Crippen LogP contribution in [0.4, 0.5) is 11.4 Å². The van der Waals surface area contributed by atoms with Crippen LogP contribution in [0.25, 0.3) is 0 Å². The number of nitro groups is 1. The van der Waals surface area contributed by atoms with Crippen molar-refractivity contribution in [3.05, 3.63) is 92.0 Å². The van der Waals surface area contributed by atoms with Crippen molar-refractivity contribution in [3.8, 4) is 5.75 Å². The number of sulfonamides is 1. The summed E-state index contributed by atoms with van der Waals surface area (Å²) in [6.07, 6.45) is 5.02. The highest BCUT2D eigenvalue weighted by atomic mass is 35.5. The second-order valence-electron chi connectivity index (χ2n) is 11.4. The minimum atomic E-state index is -4.54. The third-order valence-electron chi connectivity index (χ3n) is 8.30. The smallest absolute Gasteiger partial charge is 0.273 e. The van der Waals surface area contributed by atoms with E-state index in [1.165, 1.54) is 61.4 Å². The Balaban J connectivity index is 1.77. The van der Waals surface area contributed by atoms with Gasteiger partial charge in [0.25, 0.3) is 15.7 Å². The van der Waals surface area contributed by atoms with E-state index in [4.69, 9.17) is 27.9 Å². The molecule has 0 aromatic heterocycles. The predicted molar refractivity (Wildman–Crippen MR) is 181 cm³/mol. The molecule has 252 valence electrons. The summed E-state index contributed by atoms with van der Waals surface area (Å²) < 4.78 is 34.5. The largest absolute Gasteiger partial charge is 0.497 e. The van der Waals surface area contributed by atoms with Gasteiger partial charge in [0.2, 0.25) is 11.8 Å². The maximum atomic E-state index is 14.4. The van der Waals surface area contributed by atoms with Gasteiger partial charge in [-0.3, -0.25) is 24.0 Å². The maximum absolute atomic E-state index is 14.4. The summed E-state index contributed by atoms with van der Waals surface area (Å²) in [4.78, 5) is 40.1. The number of rotatable bonds is 13. The molecule has 1 fully saturated rings. The Morgan fingerprint density at radius 1 is 1.04 bits per heavy atom. The standard InChI is InChI=1S/C33H38Cl2N4O7S/c1-4-30(33(41)36-25-8-6-5-7-9-25)37(20-23-11-12-24(34)18-29(23)35)32(40)21-38(26-13-15-27(46-3)16-14-26)47(44,45)28-17-10-22(2)31(19-28)39(42)43/h10-19,25,30H,4-9,20-21H2,1-3H3,(H,36,41). The summed E-state index contributed by atoms with van der Waals surface area (Å²) in [5.41, 5.74) is 0.534. The molecular formula is C33H38Cl2N4O7S. The molecule has 47 heavy (non-hydrogen) atoms. The fourth-order valence-electron chi connectivity index (χ4n) is 5.65. The fourth-order valence-corrected chi connectivity index (χ4v) is 7.55. The number of amides is 2. The number of nitrogens with zero attached hydrogens (tertiary/aromatic N) is 3. The zero-order chi connectivity index (χ0) is 34.3. The van der Waals surface area contributed by atoms with Gasteiger partial charge in [-0.2, -0.15) is 0 Å². The summed E-state index contributed by atoms with van der Waals surface area (Å²) in [5, 5.41) is 15.4. The van der Waals surface area contributed by atoms with Gasteiger partial charge in [-0.1, -0.05) is 61.5 Å². The predicted octanol–water partition coefficient (Wildman–Crippen LogP) is 6.67. The molecule has 14 heteroatoms. The highest BCUT2D eigenvalue weighted by Crippen LogP contribution is 2.30. The van der Waals surface area contributed by atoms with Crippen molar-refractivity contribution < 1.29 is 27.7 Å². The average molecular weight is 706 g/mol. The van der Waals surface area contributed by atoms with Gasteiger partial charge in [0.05, 0.1) is 22.6 Å². The molecule has 1 aliphatic rings. The summed E-state index contributed by atoms with van der Waals surface area (Å²) >= 11 is 12.6. The molecular weight excluding hydrogens is 667 g/mol. The van der Waals surface area contributed by atoms with Crippen LogP contribution < -0.4 is 14.4 Å². The Hall–Kier alpha value is -3.87. The number of nitrogens with one attached hydrogen (secondary N) is 1. The minimum absolute atomic E-state index is 0.0186. The SMILES string of the molecule is CCC(C(=O)NC1CCCCC1)N(Cc1ccc(Cl)cc1Cl)C(=O)CN(c1ccc(OC)cc1)S(=O)(=O)c1ccc(C)c([N+](=O)[O-])c1. The van der Waals surface area contributed by atoms with Crippen LogP contribution in [-0.2, 0) is 26.2 Å². The lowest BCUT2D eigenvalue weighted by Gasteiger charge is -2.34. The van der Waals surface area contributed by atoms with Crippen LogP contribution in [0.15, 0.2) is 65.6 Å². The minimum Gasteiger partial charge on any atom is -0.497 e. The quantitative estimate of drug-likeness (QED) is 0.155. The van der Waals surface area contributed by atoms with E-state index in [1.54, 1.807) is 19.1 Å². The number of hydrogen-bond acceptors (Lipinski definition) is 7. The first kappa shape index (κ1) is 36.0. The molecule has 0 heterocycles. The number of carbonyl (C=O) groups is 2. The summed E-state index contributed by atoms with van der Waals surface area (Å²) in [6, 6.07) is 13.4. The van der Waals surface area contributed by atoms with Gasteiger partial charge in [-0.25, -0.2) is 8.42 Å². The van der Waals surface area contributed by atoms with Crippen LogP contribution >= 0.6 is 23.2 Å². The molecule has 11 nitrogen and oxygen atoms in total. The summed E-state index contributed by atoms with van der Waals surface area (Å²) in [5.74, 6) is -0.568. The van der Waals surface area contributed by atoms with E-state index in [9.17, 15) is 28.1 Å². The van der Waals surface area contributed by atoms with E-state index >= 15 is 0 Å². The molecule has 0 spiro atoms. The number of methoxy groups -OCH3 is 1. The van der Waals surface area contributed by atoms with Crippen molar-refractivity contribution in [3.63, 3.8) is 0 Å². The molecule has 0 aliphatic heterocycles. The summed E-state index contributed by atoms with van der Waals surface area (Å²) in [7, 11) is -3.08. The highest BCUT2D eigenvalue weighted by Gasteiger charge is 2.35. The van der Waals surface area contributed by atoms with Crippen molar-refractivity contribution in [2.45, 2.75) is 75.9 Å². The van der Waals surface area contributed by atoms with E-state index < -0.39 is 33.4 Å². The number of nitro benzene ring substituents is 1. The number of benzene rings is 3. The third-order valence-corrected chi connectivity index (χ3v) is 10.7. The highest BCUT2D eigenvalue weighted by molar-refractivity contribution is 7.92. The van der Waals surface area contributed by atoms with Crippen LogP contribution in [0, 0.1) is 17.0 Å². The molecule has 3 aromatic carbocycles. The monoisotopic (exact) mass is 704 g/mol. The first-order valence-electron chi connectivity index (χ1n) is 15.3. The molecule has 0 saturated heterocycles.